The predicted molar refractivity (Wildman–Crippen MR) is 156 cm³/mol. The van der Waals surface area contributed by atoms with Crippen molar-refractivity contribution >= 4 is 45.9 Å². The standard InChI is InChI=1S/C28H35Cl2N5O4/c1-20(39-28(37)32(3)31-2)35-25-19-22(11-9-21(25)10-12-26(35)36)38-18-5-4-13-33-14-16-34(17-15-33)24-8-6-7-23(29)27(24)30/h6-12,19-20,31H,4-5,13-18H2,1-3H3. The lowest BCUT2D eigenvalue weighted by atomic mass is 10.2. The number of ether oxygens (including phenoxy) is 2. The number of benzene rings is 2. The Labute approximate surface area is 238 Å². The molecule has 1 aliphatic heterocycles. The summed E-state index contributed by atoms with van der Waals surface area (Å²) in [6.45, 7) is 7.00. The summed E-state index contributed by atoms with van der Waals surface area (Å²) in [5, 5.41) is 3.26. The summed E-state index contributed by atoms with van der Waals surface area (Å²) in [4.78, 5) is 29.6. The molecule has 1 saturated heterocycles. The summed E-state index contributed by atoms with van der Waals surface area (Å²) >= 11 is 12.6. The third-order valence-corrected chi connectivity index (χ3v) is 7.74. The van der Waals surface area contributed by atoms with Gasteiger partial charge in [0.05, 0.1) is 27.9 Å². The highest BCUT2D eigenvalue weighted by Gasteiger charge is 2.20. The summed E-state index contributed by atoms with van der Waals surface area (Å²) in [5.41, 5.74) is 4.07. The molecule has 1 unspecified atom stereocenters. The highest BCUT2D eigenvalue weighted by molar-refractivity contribution is 6.43. The minimum Gasteiger partial charge on any atom is -0.494 e. The zero-order valence-corrected chi connectivity index (χ0v) is 24.0. The first-order valence-corrected chi connectivity index (χ1v) is 13.8. The van der Waals surface area contributed by atoms with Crippen LogP contribution in [-0.4, -0.2) is 74.0 Å². The number of carbonyl (C=O) groups excluding carboxylic acids is 1. The molecule has 210 valence electrons. The van der Waals surface area contributed by atoms with Crippen LogP contribution in [0.5, 0.6) is 5.75 Å². The molecule has 2 aromatic carbocycles. The summed E-state index contributed by atoms with van der Waals surface area (Å²) < 4.78 is 12.9. The average molecular weight is 577 g/mol. The summed E-state index contributed by atoms with van der Waals surface area (Å²) in [7, 11) is 3.16. The first-order chi connectivity index (χ1) is 18.8. The second-order valence-electron chi connectivity index (χ2n) is 9.49. The van der Waals surface area contributed by atoms with E-state index in [9.17, 15) is 9.59 Å². The maximum Gasteiger partial charge on any atom is 0.425 e. The molecule has 0 spiro atoms. The number of hydrazine groups is 1. The lowest BCUT2D eigenvalue weighted by molar-refractivity contribution is 0.0359. The van der Waals surface area contributed by atoms with Gasteiger partial charge in [0.2, 0.25) is 0 Å². The number of piperazine rings is 1. The van der Waals surface area contributed by atoms with Crippen LogP contribution in [0.4, 0.5) is 10.5 Å². The predicted octanol–water partition coefficient (Wildman–Crippen LogP) is 5.01. The molecule has 0 aliphatic carbocycles. The molecule has 3 aromatic rings. The van der Waals surface area contributed by atoms with Crippen LogP contribution in [0.3, 0.4) is 0 Å². The number of carbonyl (C=O) groups is 1. The van der Waals surface area contributed by atoms with Crippen molar-refractivity contribution in [3.8, 4) is 5.75 Å². The van der Waals surface area contributed by atoms with Gasteiger partial charge in [0.15, 0.2) is 6.23 Å². The number of anilines is 1. The molecule has 0 radical (unpaired) electrons. The topological polar surface area (TPSA) is 79.3 Å². The van der Waals surface area contributed by atoms with Gasteiger partial charge in [-0.3, -0.25) is 14.3 Å². The quantitative estimate of drug-likeness (QED) is 0.269. The van der Waals surface area contributed by atoms with E-state index >= 15 is 0 Å². The SMILES string of the molecule is CNN(C)C(=O)OC(C)n1c(=O)ccc2ccc(OCCCCN3CCN(c4cccc(Cl)c4Cl)CC3)cc21. The van der Waals surface area contributed by atoms with E-state index in [4.69, 9.17) is 32.7 Å². The van der Waals surface area contributed by atoms with Crippen molar-refractivity contribution in [1.29, 1.82) is 0 Å². The number of nitrogens with zero attached hydrogens (tertiary/aromatic N) is 4. The summed E-state index contributed by atoms with van der Waals surface area (Å²) in [5.74, 6) is 0.666. The zero-order chi connectivity index (χ0) is 27.9. The molecule has 9 nitrogen and oxygen atoms in total. The van der Waals surface area contributed by atoms with Crippen molar-refractivity contribution in [2.75, 3.05) is 58.3 Å². The van der Waals surface area contributed by atoms with Crippen molar-refractivity contribution in [3.05, 3.63) is 68.9 Å². The van der Waals surface area contributed by atoms with Crippen molar-refractivity contribution in [2.24, 2.45) is 0 Å². The van der Waals surface area contributed by atoms with Gasteiger partial charge in [0.1, 0.15) is 5.75 Å². The van der Waals surface area contributed by atoms with Gasteiger partial charge in [-0.2, -0.15) is 0 Å². The smallest absolute Gasteiger partial charge is 0.425 e. The van der Waals surface area contributed by atoms with Crippen LogP contribution in [0.25, 0.3) is 10.9 Å². The second-order valence-corrected chi connectivity index (χ2v) is 10.3. The van der Waals surface area contributed by atoms with E-state index < -0.39 is 12.3 Å². The van der Waals surface area contributed by atoms with Gasteiger partial charge in [-0.1, -0.05) is 29.3 Å². The molecular weight excluding hydrogens is 541 g/mol. The van der Waals surface area contributed by atoms with Gasteiger partial charge in [-0.25, -0.2) is 15.2 Å². The number of pyridine rings is 1. The van der Waals surface area contributed by atoms with E-state index in [0.29, 0.717) is 27.9 Å². The number of rotatable bonds is 10. The van der Waals surface area contributed by atoms with Gasteiger partial charge in [-0.15, -0.1) is 0 Å². The van der Waals surface area contributed by atoms with Crippen LogP contribution in [0.1, 0.15) is 26.0 Å². The van der Waals surface area contributed by atoms with Gasteiger partial charge in [-0.05, 0) is 62.0 Å². The van der Waals surface area contributed by atoms with Crippen LogP contribution in [0.2, 0.25) is 10.0 Å². The third kappa shape index (κ3) is 7.16. The number of fused-ring (bicyclic) bond motifs is 1. The molecular formula is C28H35Cl2N5O4. The Bertz CT molecular complexity index is 1340. The third-order valence-electron chi connectivity index (χ3n) is 6.93. The molecule has 39 heavy (non-hydrogen) atoms. The van der Waals surface area contributed by atoms with Crippen molar-refractivity contribution in [2.45, 2.75) is 26.0 Å². The fourth-order valence-electron chi connectivity index (χ4n) is 4.64. The van der Waals surface area contributed by atoms with E-state index in [1.54, 1.807) is 27.1 Å². The van der Waals surface area contributed by atoms with Gasteiger partial charge >= 0.3 is 6.09 Å². The number of aromatic nitrogens is 1. The molecule has 4 rings (SSSR count). The number of amides is 1. The molecule has 0 bridgehead atoms. The molecule has 1 fully saturated rings. The zero-order valence-electron chi connectivity index (χ0n) is 22.5. The lowest BCUT2D eigenvalue weighted by Crippen LogP contribution is -2.46. The highest BCUT2D eigenvalue weighted by atomic mass is 35.5. The number of nitrogens with one attached hydrogen (secondary N) is 1. The van der Waals surface area contributed by atoms with Crippen molar-refractivity contribution < 1.29 is 14.3 Å². The monoisotopic (exact) mass is 575 g/mol. The van der Waals surface area contributed by atoms with Gasteiger partial charge in [0.25, 0.3) is 5.56 Å². The minimum absolute atomic E-state index is 0.259. The number of unbranched alkanes of at least 4 members (excludes halogenated alkanes) is 1. The molecule has 1 amide bonds. The van der Waals surface area contributed by atoms with Crippen LogP contribution in [0.15, 0.2) is 53.3 Å². The molecule has 11 heteroatoms. The second kappa shape index (κ2) is 13.4. The maximum atomic E-state index is 12.7. The summed E-state index contributed by atoms with van der Waals surface area (Å²) in [6.07, 6.45) is 0.540. The minimum atomic E-state index is -0.796. The molecule has 1 aromatic heterocycles. The molecule has 2 heterocycles. The fraction of sp³-hybridized carbons (Fsp3) is 0.429. The van der Waals surface area contributed by atoms with Crippen LogP contribution >= 0.6 is 23.2 Å². The van der Waals surface area contributed by atoms with Crippen molar-refractivity contribution in [3.63, 3.8) is 0 Å². The van der Waals surface area contributed by atoms with Crippen LogP contribution in [0, 0.1) is 0 Å². The van der Waals surface area contributed by atoms with E-state index in [1.807, 2.05) is 36.4 Å². The van der Waals surface area contributed by atoms with Crippen LogP contribution in [-0.2, 0) is 4.74 Å². The number of hydrogen-bond donors (Lipinski definition) is 1. The van der Waals surface area contributed by atoms with Crippen molar-refractivity contribution in [1.82, 2.24) is 19.9 Å². The fourth-order valence-corrected chi connectivity index (χ4v) is 5.06. The Morgan fingerprint density at radius 1 is 1.08 bits per heavy atom. The van der Waals surface area contributed by atoms with Crippen LogP contribution < -0.4 is 20.6 Å². The first-order valence-electron chi connectivity index (χ1n) is 13.1. The molecule has 1 aliphatic rings. The van der Waals surface area contributed by atoms with E-state index in [0.717, 1.165) is 56.6 Å². The molecule has 1 atom stereocenters. The Morgan fingerprint density at radius 3 is 2.56 bits per heavy atom. The summed E-state index contributed by atoms with van der Waals surface area (Å²) in [6, 6.07) is 14.6. The van der Waals surface area contributed by atoms with E-state index in [2.05, 4.69) is 15.2 Å². The lowest BCUT2D eigenvalue weighted by Gasteiger charge is -2.36. The Hall–Kier alpha value is -2.98. The van der Waals surface area contributed by atoms with Gasteiger partial charge < -0.3 is 14.4 Å². The Balaban J connectivity index is 1.27. The largest absolute Gasteiger partial charge is 0.494 e. The van der Waals surface area contributed by atoms with Gasteiger partial charge in [0, 0.05) is 52.4 Å². The number of hydrogen-bond acceptors (Lipinski definition) is 7. The molecule has 1 N–H and O–H groups in total. The van der Waals surface area contributed by atoms with E-state index in [-0.39, 0.29) is 5.56 Å². The Kier molecular flexibility index (Phi) is 9.96. The normalized spacial score (nSPS) is 14.8. The van der Waals surface area contributed by atoms with E-state index in [1.165, 1.54) is 15.6 Å². The number of halogens is 2. The maximum absolute atomic E-state index is 12.7. The Morgan fingerprint density at radius 2 is 1.82 bits per heavy atom. The first kappa shape index (κ1) is 29.0. The molecule has 0 saturated carbocycles. The average Bonchev–Trinajstić information content (AvgIpc) is 2.94. The highest BCUT2D eigenvalue weighted by Crippen LogP contribution is 2.33.